The third-order valence-electron chi connectivity index (χ3n) is 0. The quantitative estimate of drug-likeness (QED) is 0.199. The van der Waals surface area contributed by atoms with E-state index in [0.717, 1.165) is 0 Å². The molecule has 0 aromatic rings. The zero-order chi connectivity index (χ0) is 2.71. The van der Waals surface area contributed by atoms with Crippen LogP contribution in [0.4, 0.5) is 0 Å². The molecule has 0 saturated heterocycles. The van der Waals surface area contributed by atoms with Gasteiger partial charge in [-0.05, 0) is 0 Å². The summed E-state index contributed by atoms with van der Waals surface area (Å²) in [5, 5.41) is 7.26. The molecule has 0 aliphatic heterocycles. The molecule has 1 nitrogen and oxygen atoms in total. The molecule has 0 aliphatic carbocycles. The Morgan fingerprint density at radius 3 is 1.75 bits per heavy atom. The predicted octanol–water partition coefficient (Wildman–Crippen LogP) is -3.36. The van der Waals surface area contributed by atoms with E-state index in [2.05, 4.69) is 16.0 Å². The maximum atomic E-state index is 7.26. The van der Waals surface area contributed by atoms with Gasteiger partial charge in [-0.15, -0.1) is 0 Å². The van der Waals surface area contributed by atoms with E-state index in [0.29, 0.717) is 0 Å². The van der Waals surface area contributed by atoms with Gasteiger partial charge in [0.2, 0.25) is 0 Å². The molecule has 0 N–H and O–H groups in total. The van der Waals surface area contributed by atoms with Gasteiger partial charge in [-0.1, -0.05) is 0 Å². The Morgan fingerprint density at radius 2 is 1.75 bits per heavy atom. The van der Waals surface area contributed by atoms with Crippen molar-refractivity contribution in [2.45, 2.75) is 0 Å². The number of hydrogen-bond acceptors (Lipinski definition) is 1. The van der Waals surface area contributed by atoms with Crippen LogP contribution in [0.1, 0.15) is 0 Å². The molecule has 0 aromatic carbocycles. The minimum atomic E-state index is 0. The van der Waals surface area contributed by atoms with Crippen molar-refractivity contribution in [3.05, 3.63) is 0 Å². The average molecular weight is 146 g/mol. The zero-order valence-electron chi connectivity index (χ0n) is 2.36. The first-order chi connectivity index (χ1) is 1.41. The van der Waals surface area contributed by atoms with Crippen LogP contribution in [0.2, 0.25) is 0 Å². The van der Waals surface area contributed by atoms with Gasteiger partial charge >= 0.3 is 77.6 Å². The van der Waals surface area contributed by atoms with Crippen molar-refractivity contribution in [1.82, 2.24) is 0 Å². The molecule has 0 rings (SSSR count). The predicted molar refractivity (Wildman–Crippen MR) is 11.4 cm³/mol. The van der Waals surface area contributed by atoms with Gasteiger partial charge in [0.1, 0.15) is 0 Å². The molecule has 0 fully saturated rings. The van der Waals surface area contributed by atoms with Crippen molar-refractivity contribution < 1.29 is 51.4 Å². The average Bonchev–Trinajstić information content (AvgIpc) is 0.918. The van der Waals surface area contributed by atoms with Gasteiger partial charge in [0.15, 0.2) is 0 Å². The monoisotopic (exact) mass is 147 g/mol. The summed E-state index contributed by atoms with van der Waals surface area (Å²) in [6, 6.07) is 0. The molecule has 3 heteroatoms. The van der Waals surface area contributed by atoms with E-state index >= 15 is 0 Å². The molecule has 0 aromatic heterocycles. The second kappa shape index (κ2) is 8.82. The maximum absolute atomic E-state index is 7.26. The summed E-state index contributed by atoms with van der Waals surface area (Å²) >= 11 is 2.11. The zero-order valence-corrected chi connectivity index (χ0v) is 7.19. The second-order valence-electron chi connectivity index (χ2n) is 0.0913. The van der Waals surface area contributed by atoms with E-state index in [1.807, 2.05) is 0 Å². The number of hydrogen-bond donors (Lipinski definition) is 0. The molecule has 0 unspecified atom stereocenters. The fourth-order valence-corrected chi connectivity index (χ4v) is 0. The van der Waals surface area contributed by atoms with Gasteiger partial charge in [0.05, 0.1) is 0 Å². The van der Waals surface area contributed by atoms with Crippen LogP contribution in [-0.4, -0.2) is 16.0 Å². The molecule has 0 radical (unpaired) electrons. The normalized spacial score (nSPS) is 1.75. The third kappa shape index (κ3) is 9.42. The Hall–Kier alpha value is 1.65. The molecule has 4 heavy (non-hydrogen) atoms. The first kappa shape index (κ1) is 9.17. The molecule has 0 heterocycles. The van der Waals surface area contributed by atoms with E-state index in [1.165, 1.54) is 0 Å². The molecular formula is CKNSe. The van der Waals surface area contributed by atoms with E-state index in [1.54, 1.807) is 4.97 Å². The Kier molecular flexibility index (Phi) is 20.2. The fraction of sp³-hybridized carbons (Fsp3) is 0. The maximum Gasteiger partial charge on any atom is 1.00 e. The van der Waals surface area contributed by atoms with E-state index < -0.39 is 0 Å². The minimum Gasteiger partial charge on any atom is 1.00 e. The van der Waals surface area contributed by atoms with Crippen molar-refractivity contribution >= 4 is 16.0 Å². The summed E-state index contributed by atoms with van der Waals surface area (Å²) in [7, 11) is 0. The molecule has 0 atom stereocenters. The summed E-state index contributed by atoms with van der Waals surface area (Å²) in [5.41, 5.74) is 0. The Morgan fingerprint density at radius 1 is 1.75 bits per heavy atom. The molecule has 0 aliphatic rings. The summed E-state index contributed by atoms with van der Waals surface area (Å²) in [4.78, 5) is 1.62. The van der Waals surface area contributed by atoms with Crippen LogP contribution in [-0.2, 0) is 0 Å². The Balaban J connectivity index is 0. The minimum absolute atomic E-state index is 0. The smallest absolute Gasteiger partial charge is 1.00 e. The second-order valence-corrected chi connectivity index (χ2v) is 0.474. The Labute approximate surface area is 76.0 Å². The van der Waals surface area contributed by atoms with Crippen LogP contribution < -0.4 is 51.4 Å². The van der Waals surface area contributed by atoms with Crippen LogP contribution in [0.5, 0.6) is 0 Å². The first-order valence-corrected chi connectivity index (χ1v) is 1.28. The van der Waals surface area contributed by atoms with E-state index in [9.17, 15) is 0 Å². The molecule has 0 saturated carbocycles. The molecule has 16 valence electrons. The first-order valence-electron chi connectivity index (χ1n) is 0.428. The third-order valence-corrected chi connectivity index (χ3v) is 0. The van der Waals surface area contributed by atoms with Crippen molar-refractivity contribution in [3.63, 3.8) is 0 Å². The van der Waals surface area contributed by atoms with Crippen LogP contribution in [0.3, 0.4) is 0 Å². The van der Waals surface area contributed by atoms with Crippen molar-refractivity contribution in [3.8, 4) is 4.97 Å². The van der Waals surface area contributed by atoms with Crippen LogP contribution >= 0.6 is 0 Å². The van der Waals surface area contributed by atoms with Gasteiger partial charge in [0, 0.05) is 0 Å². The van der Waals surface area contributed by atoms with Crippen molar-refractivity contribution in [1.29, 1.82) is 5.26 Å². The largest absolute Gasteiger partial charge is 1.00 e. The van der Waals surface area contributed by atoms with Crippen LogP contribution in [0, 0.1) is 10.2 Å². The topological polar surface area (TPSA) is 23.8 Å². The van der Waals surface area contributed by atoms with Crippen LogP contribution in [0.25, 0.3) is 0 Å². The molecular weight excluding hydrogens is 146 g/mol. The summed E-state index contributed by atoms with van der Waals surface area (Å²) < 4.78 is 0. The number of rotatable bonds is 0. The number of nitrogens with zero attached hydrogens (tertiary/aromatic N) is 1. The molecule has 0 amide bonds. The number of nitriles is 1. The summed E-state index contributed by atoms with van der Waals surface area (Å²) in [6.45, 7) is 0. The van der Waals surface area contributed by atoms with Gasteiger partial charge < -0.3 is 0 Å². The standard InChI is InChI=1S/CHNSe.K/c2-1-3;/h3H;/q;+1/p-1/i1+1,2+1;. The van der Waals surface area contributed by atoms with Gasteiger partial charge in [-0.2, -0.15) is 0 Å². The van der Waals surface area contributed by atoms with Gasteiger partial charge in [0.25, 0.3) is 0 Å². The Bertz CT molecular complexity index is 29.5. The molecule has 0 bridgehead atoms. The fourth-order valence-electron chi connectivity index (χ4n) is 0. The molecule has 0 spiro atoms. The van der Waals surface area contributed by atoms with Gasteiger partial charge in [-0.25, -0.2) is 0 Å². The van der Waals surface area contributed by atoms with Crippen molar-refractivity contribution in [2.75, 3.05) is 0 Å². The van der Waals surface area contributed by atoms with Crippen molar-refractivity contribution in [2.24, 2.45) is 0 Å². The van der Waals surface area contributed by atoms with Gasteiger partial charge in [-0.3, -0.25) is 0 Å². The van der Waals surface area contributed by atoms with E-state index in [4.69, 9.17) is 5.26 Å². The van der Waals surface area contributed by atoms with E-state index in [-0.39, 0.29) is 51.4 Å². The van der Waals surface area contributed by atoms with Crippen LogP contribution in [0.15, 0.2) is 0 Å². The summed E-state index contributed by atoms with van der Waals surface area (Å²) in [6.07, 6.45) is 0. The SMILES string of the molecule is [15N]#[13C][Se-].[K+]. The summed E-state index contributed by atoms with van der Waals surface area (Å²) in [5.74, 6) is 0.